The summed E-state index contributed by atoms with van der Waals surface area (Å²) in [5.74, 6) is 1.10. The second-order valence-corrected chi connectivity index (χ2v) is 5.75. The molecule has 1 amide bonds. The van der Waals surface area contributed by atoms with Crippen molar-refractivity contribution in [3.63, 3.8) is 0 Å². The van der Waals surface area contributed by atoms with Gasteiger partial charge < -0.3 is 14.9 Å². The molecule has 0 saturated carbocycles. The van der Waals surface area contributed by atoms with Crippen LogP contribution < -0.4 is 5.32 Å². The molecule has 0 aliphatic heterocycles. The fourth-order valence-corrected chi connectivity index (χ4v) is 2.12. The number of aromatic nitrogens is 1. The fourth-order valence-electron chi connectivity index (χ4n) is 1.39. The first-order valence-corrected chi connectivity index (χ1v) is 7.21. The number of thioether (sulfide) groups is 1. The first kappa shape index (κ1) is 15.0. The van der Waals surface area contributed by atoms with Crippen LogP contribution in [-0.4, -0.2) is 40.3 Å². The number of carbonyl (C=O) groups is 1. The summed E-state index contributed by atoms with van der Waals surface area (Å²) < 4.78 is 5.05. The predicted octanol–water partition coefficient (Wildman–Crippen LogP) is 1.64. The first-order valence-electron chi connectivity index (χ1n) is 5.82. The molecule has 102 valence electrons. The predicted molar refractivity (Wildman–Crippen MR) is 71.9 cm³/mol. The Balaban J connectivity index is 2.55. The van der Waals surface area contributed by atoms with Crippen molar-refractivity contribution in [1.82, 2.24) is 10.5 Å². The molecule has 1 aromatic heterocycles. The van der Waals surface area contributed by atoms with E-state index in [0.29, 0.717) is 11.5 Å². The molecule has 18 heavy (non-hydrogen) atoms. The molecular formula is C12H20N2O3S. The average Bonchev–Trinajstić information content (AvgIpc) is 2.75. The Morgan fingerprint density at radius 2 is 2.33 bits per heavy atom. The summed E-state index contributed by atoms with van der Waals surface area (Å²) in [7, 11) is 0. The van der Waals surface area contributed by atoms with Crippen LogP contribution in [0.25, 0.3) is 0 Å². The Kier molecular flexibility index (Phi) is 5.22. The van der Waals surface area contributed by atoms with Crippen molar-refractivity contribution in [2.24, 2.45) is 0 Å². The van der Waals surface area contributed by atoms with E-state index in [1.165, 1.54) is 11.8 Å². The summed E-state index contributed by atoms with van der Waals surface area (Å²) in [6.07, 6.45) is 1.91. The lowest BCUT2D eigenvalue weighted by atomic mass is 10.1. The van der Waals surface area contributed by atoms with Gasteiger partial charge in [0.1, 0.15) is 5.76 Å². The second-order valence-electron chi connectivity index (χ2n) is 4.88. The molecule has 2 N–H and O–H groups in total. The lowest BCUT2D eigenvalue weighted by molar-refractivity contribution is 0.0720. The number of aliphatic hydroxyl groups is 1. The van der Waals surface area contributed by atoms with E-state index in [1.54, 1.807) is 13.0 Å². The normalized spacial score (nSPS) is 14.6. The molecule has 0 spiro atoms. The maximum atomic E-state index is 11.8. The van der Waals surface area contributed by atoms with Crippen LogP contribution in [0.15, 0.2) is 10.6 Å². The number of rotatable bonds is 6. The largest absolute Gasteiger partial charge is 0.387 e. The van der Waals surface area contributed by atoms with Crippen molar-refractivity contribution in [1.29, 1.82) is 0 Å². The van der Waals surface area contributed by atoms with Crippen molar-refractivity contribution < 1.29 is 14.4 Å². The van der Waals surface area contributed by atoms with Crippen molar-refractivity contribution in [2.75, 3.05) is 18.6 Å². The van der Waals surface area contributed by atoms with Gasteiger partial charge in [0.15, 0.2) is 5.69 Å². The van der Waals surface area contributed by atoms with E-state index in [9.17, 15) is 9.90 Å². The molecule has 0 fully saturated rings. The SMILES string of the molecule is CSCC(C)(O)CNC(=O)c1cc(C(C)C)on1. The zero-order valence-corrected chi connectivity index (χ0v) is 12.0. The number of hydrogen-bond donors (Lipinski definition) is 2. The van der Waals surface area contributed by atoms with Gasteiger partial charge in [-0.2, -0.15) is 11.8 Å². The number of nitrogens with zero attached hydrogens (tertiary/aromatic N) is 1. The summed E-state index contributed by atoms with van der Waals surface area (Å²) in [5, 5.41) is 16.3. The number of carbonyl (C=O) groups excluding carboxylic acids is 1. The third kappa shape index (κ3) is 4.34. The highest BCUT2D eigenvalue weighted by atomic mass is 32.2. The zero-order valence-electron chi connectivity index (χ0n) is 11.2. The average molecular weight is 272 g/mol. The van der Waals surface area contributed by atoms with Crippen LogP contribution >= 0.6 is 11.8 Å². The Labute approximate surface area is 111 Å². The van der Waals surface area contributed by atoms with Gasteiger partial charge in [-0.3, -0.25) is 4.79 Å². The zero-order chi connectivity index (χ0) is 13.8. The molecule has 6 heteroatoms. The van der Waals surface area contributed by atoms with Crippen LogP contribution in [0.5, 0.6) is 0 Å². The quantitative estimate of drug-likeness (QED) is 0.823. The van der Waals surface area contributed by atoms with E-state index in [-0.39, 0.29) is 24.1 Å². The Morgan fingerprint density at radius 1 is 1.67 bits per heavy atom. The summed E-state index contributed by atoms with van der Waals surface area (Å²) >= 11 is 1.53. The first-order chi connectivity index (χ1) is 8.35. The third-order valence-corrected chi connectivity index (χ3v) is 3.33. The van der Waals surface area contributed by atoms with Crippen LogP contribution in [0.3, 0.4) is 0 Å². The lowest BCUT2D eigenvalue weighted by Crippen LogP contribution is -2.42. The van der Waals surface area contributed by atoms with Gasteiger partial charge in [-0.25, -0.2) is 0 Å². The van der Waals surface area contributed by atoms with Crippen LogP contribution in [0, 0.1) is 0 Å². The molecular weight excluding hydrogens is 252 g/mol. The molecule has 5 nitrogen and oxygen atoms in total. The molecule has 0 radical (unpaired) electrons. The maximum Gasteiger partial charge on any atom is 0.273 e. The molecule has 0 saturated heterocycles. The van der Waals surface area contributed by atoms with E-state index in [4.69, 9.17) is 4.52 Å². The van der Waals surface area contributed by atoms with Crippen molar-refractivity contribution >= 4 is 17.7 Å². The summed E-state index contributed by atoms with van der Waals surface area (Å²) in [6.45, 7) is 5.81. The highest BCUT2D eigenvalue weighted by Crippen LogP contribution is 2.15. The standard InChI is InChI=1S/C12H20N2O3S/c1-8(2)10-5-9(14-17-10)11(15)13-6-12(3,16)7-18-4/h5,8,16H,6-7H2,1-4H3,(H,13,15). The van der Waals surface area contributed by atoms with Gasteiger partial charge in [-0.1, -0.05) is 19.0 Å². The van der Waals surface area contributed by atoms with Gasteiger partial charge in [-0.05, 0) is 13.2 Å². The molecule has 1 atom stereocenters. The van der Waals surface area contributed by atoms with Crippen LogP contribution in [0.1, 0.15) is 42.9 Å². The van der Waals surface area contributed by atoms with Crippen molar-refractivity contribution in [3.05, 3.63) is 17.5 Å². The fraction of sp³-hybridized carbons (Fsp3) is 0.667. The topological polar surface area (TPSA) is 75.4 Å². The minimum Gasteiger partial charge on any atom is -0.387 e. The number of hydrogen-bond acceptors (Lipinski definition) is 5. The van der Waals surface area contributed by atoms with Gasteiger partial charge >= 0.3 is 0 Å². The molecule has 1 heterocycles. The van der Waals surface area contributed by atoms with E-state index in [1.807, 2.05) is 20.1 Å². The highest BCUT2D eigenvalue weighted by Gasteiger charge is 2.22. The van der Waals surface area contributed by atoms with E-state index in [2.05, 4.69) is 10.5 Å². The Morgan fingerprint density at radius 3 is 2.83 bits per heavy atom. The summed E-state index contributed by atoms with van der Waals surface area (Å²) in [6, 6.07) is 1.63. The lowest BCUT2D eigenvalue weighted by Gasteiger charge is -2.22. The second kappa shape index (κ2) is 6.24. The third-order valence-electron chi connectivity index (χ3n) is 2.42. The van der Waals surface area contributed by atoms with Crippen LogP contribution in [0.4, 0.5) is 0 Å². The minimum absolute atomic E-state index is 0.191. The highest BCUT2D eigenvalue weighted by molar-refractivity contribution is 7.98. The van der Waals surface area contributed by atoms with E-state index < -0.39 is 5.60 Å². The molecule has 1 rings (SSSR count). The number of amides is 1. The van der Waals surface area contributed by atoms with Crippen molar-refractivity contribution in [2.45, 2.75) is 32.3 Å². The number of nitrogens with one attached hydrogen (secondary N) is 1. The molecule has 0 aliphatic rings. The molecule has 0 aliphatic carbocycles. The molecule has 0 bridgehead atoms. The smallest absolute Gasteiger partial charge is 0.273 e. The van der Waals surface area contributed by atoms with Gasteiger partial charge in [0, 0.05) is 24.3 Å². The minimum atomic E-state index is -0.917. The van der Waals surface area contributed by atoms with Gasteiger partial charge in [0.05, 0.1) is 5.60 Å². The van der Waals surface area contributed by atoms with Crippen molar-refractivity contribution in [3.8, 4) is 0 Å². The van der Waals surface area contributed by atoms with Gasteiger partial charge in [0.25, 0.3) is 5.91 Å². The molecule has 0 aromatic carbocycles. The van der Waals surface area contributed by atoms with Crippen LogP contribution in [0.2, 0.25) is 0 Å². The van der Waals surface area contributed by atoms with Crippen LogP contribution in [-0.2, 0) is 0 Å². The summed E-state index contributed by atoms with van der Waals surface area (Å²) in [5.41, 5.74) is -0.668. The monoisotopic (exact) mass is 272 g/mol. The molecule has 1 unspecified atom stereocenters. The Hall–Kier alpha value is -1.01. The van der Waals surface area contributed by atoms with Gasteiger partial charge in [-0.15, -0.1) is 0 Å². The summed E-state index contributed by atoms with van der Waals surface area (Å²) in [4.78, 5) is 11.8. The molecule has 1 aromatic rings. The van der Waals surface area contributed by atoms with E-state index in [0.717, 1.165) is 0 Å². The van der Waals surface area contributed by atoms with Gasteiger partial charge in [0.2, 0.25) is 0 Å². The maximum absolute atomic E-state index is 11.8. The van der Waals surface area contributed by atoms with E-state index >= 15 is 0 Å². The Bertz CT molecular complexity index is 402.